The summed E-state index contributed by atoms with van der Waals surface area (Å²) >= 11 is 0. The van der Waals surface area contributed by atoms with Crippen molar-refractivity contribution in [1.82, 2.24) is 10.9 Å². The molecule has 0 aliphatic rings. The van der Waals surface area contributed by atoms with Crippen molar-refractivity contribution in [1.29, 1.82) is 0 Å². The quantitative estimate of drug-likeness (QED) is 0.213. The molecule has 0 saturated carbocycles. The second-order valence-corrected chi connectivity index (χ2v) is 9.09. The van der Waals surface area contributed by atoms with Crippen molar-refractivity contribution in [3.8, 4) is 22.6 Å². The number of rotatable bonds is 7. The number of nitrogens with one attached hydrogen (secondary N) is 2. The Morgan fingerprint density at radius 3 is 2.33 bits per heavy atom. The van der Waals surface area contributed by atoms with Crippen LogP contribution in [0.5, 0.6) is 11.5 Å². The van der Waals surface area contributed by atoms with Crippen LogP contribution in [0.3, 0.4) is 0 Å². The molecule has 0 saturated heterocycles. The van der Waals surface area contributed by atoms with Crippen LogP contribution in [0, 0.1) is 37.8 Å². The molecule has 4 rings (SSSR count). The molecule has 10 heteroatoms. The van der Waals surface area contributed by atoms with Crippen molar-refractivity contribution in [3.63, 3.8) is 0 Å². The Morgan fingerprint density at radius 1 is 0.949 bits per heavy atom. The Labute approximate surface area is 224 Å². The number of amides is 2. The number of hydrogen-bond acceptors (Lipinski definition) is 7. The molecule has 39 heavy (non-hydrogen) atoms. The standard InChI is InChI=1S/C29H27N3O7/c1-16-12-17(2)19(4)24(18(16)3)15-39-22-7-5-6-20(13-22)23-10-11-38-27(23)29(35)31-30-28(34)21-8-9-26(33)25(14-21)32(36)37/h5-14,33H,15H2,1-4H3,(H,30,34)(H,31,35). The Morgan fingerprint density at radius 2 is 1.64 bits per heavy atom. The van der Waals surface area contributed by atoms with Gasteiger partial charge in [-0.2, -0.15) is 0 Å². The van der Waals surface area contributed by atoms with E-state index in [2.05, 4.69) is 44.6 Å². The third-order valence-corrected chi connectivity index (χ3v) is 6.64. The van der Waals surface area contributed by atoms with E-state index in [1.165, 1.54) is 34.6 Å². The van der Waals surface area contributed by atoms with E-state index in [4.69, 9.17) is 9.15 Å². The number of aryl methyl sites for hydroxylation is 2. The van der Waals surface area contributed by atoms with Crippen molar-refractivity contribution in [3.05, 3.63) is 110 Å². The molecule has 0 spiro atoms. The fraction of sp³-hybridized carbons (Fsp3) is 0.172. The van der Waals surface area contributed by atoms with Crippen LogP contribution in [0.15, 0.2) is 65.3 Å². The van der Waals surface area contributed by atoms with E-state index in [1.807, 2.05) is 6.07 Å². The van der Waals surface area contributed by atoms with Gasteiger partial charge in [0.25, 0.3) is 5.91 Å². The van der Waals surface area contributed by atoms with Gasteiger partial charge < -0.3 is 14.3 Å². The summed E-state index contributed by atoms with van der Waals surface area (Å²) in [6.45, 7) is 8.70. The summed E-state index contributed by atoms with van der Waals surface area (Å²) in [4.78, 5) is 35.4. The zero-order valence-electron chi connectivity index (χ0n) is 21.8. The molecule has 3 aromatic carbocycles. The molecule has 4 aromatic rings. The van der Waals surface area contributed by atoms with Crippen molar-refractivity contribution in [2.24, 2.45) is 0 Å². The number of aromatic hydroxyl groups is 1. The number of phenolic OH excluding ortho intramolecular Hbond substituents is 1. The molecule has 200 valence electrons. The first-order chi connectivity index (χ1) is 18.6. The first-order valence-electron chi connectivity index (χ1n) is 12.0. The topological polar surface area (TPSA) is 144 Å². The first kappa shape index (κ1) is 26.9. The maximum atomic E-state index is 12.8. The molecule has 0 atom stereocenters. The largest absolute Gasteiger partial charge is 0.502 e. The van der Waals surface area contributed by atoms with Crippen LogP contribution in [0.2, 0.25) is 0 Å². The zero-order chi connectivity index (χ0) is 28.3. The highest BCUT2D eigenvalue weighted by molar-refractivity contribution is 6.01. The highest BCUT2D eigenvalue weighted by atomic mass is 16.6. The van der Waals surface area contributed by atoms with Gasteiger partial charge in [-0.15, -0.1) is 0 Å². The van der Waals surface area contributed by atoms with Gasteiger partial charge in [0, 0.05) is 17.2 Å². The summed E-state index contributed by atoms with van der Waals surface area (Å²) in [5.74, 6) is -1.56. The van der Waals surface area contributed by atoms with Gasteiger partial charge >= 0.3 is 11.6 Å². The van der Waals surface area contributed by atoms with Crippen LogP contribution >= 0.6 is 0 Å². The van der Waals surface area contributed by atoms with E-state index in [1.54, 1.807) is 24.3 Å². The molecule has 1 aromatic heterocycles. The zero-order valence-corrected chi connectivity index (χ0v) is 21.8. The van der Waals surface area contributed by atoms with Crippen LogP contribution in [0.4, 0.5) is 5.69 Å². The van der Waals surface area contributed by atoms with Crippen LogP contribution in [0.25, 0.3) is 11.1 Å². The highest BCUT2D eigenvalue weighted by Crippen LogP contribution is 2.30. The number of nitro benzene ring substituents is 1. The molecule has 1 heterocycles. The molecular weight excluding hydrogens is 502 g/mol. The lowest BCUT2D eigenvalue weighted by atomic mass is 9.95. The molecule has 0 fully saturated rings. The summed E-state index contributed by atoms with van der Waals surface area (Å²) in [5, 5.41) is 20.6. The molecular formula is C29H27N3O7. The number of nitrogens with zero attached hydrogens (tertiary/aromatic N) is 1. The van der Waals surface area contributed by atoms with Gasteiger partial charge in [0.05, 0.1) is 11.2 Å². The maximum absolute atomic E-state index is 12.8. The lowest BCUT2D eigenvalue weighted by molar-refractivity contribution is -0.385. The lowest BCUT2D eigenvalue weighted by Gasteiger charge is -2.16. The number of carbonyl (C=O) groups excluding carboxylic acids is 2. The summed E-state index contributed by atoms with van der Waals surface area (Å²) in [7, 11) is 0. The smallest absolute Gasteiger partial charge is 0.311 e. The summed E-state index contributed by atoms with van der Waals surface area (Å²) in [6, 6.07) is 14.1. The lowest BCUT2D eigenvalue weighted by Crippen LogP contribution is -2.41. The summed E-state index contributed by atoms with van der Waals surface area (Å²) in [5.41, 5.74) is 10.7. The number of ether oxygens (including phenoxy) is 1. The van der Waals surface area contributed by atoms with Crippen molar-refractivity contribution >= 4 is 17.5 Å². The van der Waals surface area contributed by atoms with Crippen LogP contribution in [-0.4, -0.2) is 21.8 Å². The maximum Gasteiger partial charge on any atom is 0.311 e. The molecule has 0 unspecified atom stereocenters. The summed E-state index contributed by atoms with van der Waals surface area (Å²) in [6.07, 6.45) is 1.35. The molecule has 0 aliphatic heterocycles. The number of hydrazine groups is 1. The molecule has 0 bridgehead atoms. The number of benzene rings is 3. The molecule has 10 nitrogen and oxygen atoms in total. The Bertz CT molecular complexity index is 1560. The Hall–Kier alpha value is -5.12. The number of furan rings is 1. The van der Waals surface area contributed by atoms with Gasteiger partial charge in [-0.25, -0.2) is 0 Å². The number of hydrogen-bond donors (Lipinski definition) is 3. The van der Waals surface area contributed by atoms with Crippen molar-refractivity contribution in [2.75, 3.05) is 0 Å². The normalized spacial score (nSPS) is 10.7. The predicted molar refractivity (Wildman–Crippen MR) is 144 cm³/mol. The minimum absolute atomic E-state index is 0.0508. The fourth-order valence-electron chi connectivity index (χ4n) is 4.19. The molecule has 3 N–H and O–H groups in total. The van der Waals surface area contributed by atoms with Crippen LogP contribution < -0.4 is 15.6 Å². The van der Waals surface area contributed by atoms with E-state index in [-0.39, 0.29) is 11.3 Å². The SMILES string of the molecule is Cc1cc(C)c(C)c(COc2cccc(-c3ccoc3C(=O)NNC(=O)c3ccc(O)c([N+](=O)[O-])c3)c2)c1C. The molecule has 0 radical (unpaired) electrons. The van der Waals surface area contributed by atoms with Crippen molar-refractivity contribution < 1.29 is 28.8 Å². The summed E-state index contributed by atoms with van der Waals surface area (Å²) < 4.78 is 11.5. The van der Waals surface area contributed by atoms with Crippen molar-refractivity contribution in [2.45, 2.75) is 34.3 Å². The highest BCUT2D eigenvalue weighted by Gasteiger charge is 2.20. The van der Waals surface area contributed by atoms with Gasteiger partial charge in [0.15, 0.2) is 5.75 Å². The van der Waals surface area contributed by atoms with Crippen LogP contribution in [0.1, 0.15) is 48.7 Å². The minimum Gasteiger partial charge on any atom is -0.502 e. The predicted octanol–water partition coefficient (Wildman–Crippen LogP) is 5.45. The van der Waals surface area contributed by atoms with E-state index in [9.17, 15) is 24.8 Å². The monoisotopic (exact) mass is 529 g/mol. The van der Waals surface area contributed by atoms with E-state index < -0.39 is 28.2 Å². The Balaban J connectivity index is 1.47. The second-order valence-electron chi connectivity index (χ2n) is 9.09. The van der Waals surface area contributed by atoms with E-state index in [0.29, 0.717) is 23.5 Å². The third-order valence-electron chi connectivity index (χ3n) is 6.64. The fourth-order valence-corrected chi connectivity index (χ4v) is 4.19. The molecule has 2 amide bonds. The average Bonchev–Trinajstić information content (AvgIpc) is 3.41. The number of nitro groups is 1. The second kappa shape index (κ2) is 11.1. The van der Waals surface area contributed by atoms with Gasteiger partial charge in [0.1, 0.15) is 12.4 Å². The van der Waals surface area contributed by atoms with Gasteiger partial charge in [-0.05, 0) is 91.4 Å². The third kappa shape index (κ3) is 5.74. The van der Waals surface area contributed by atoms with Gasteiger partial charge in [0.2, 0.25) is 5.76 Å². The molecule has 0 aliphatic carbocycles. The Kier molecular flexibility index (Phi) is 7.66. The average molecular weight is 530 g/mol. The number of phenols is 1. The van der Waals surface area contributed by atoms with Crippen LogP contribution in [-0.2, 0) is 6.61 Å². The first-order valence-corrected chi connectivity index (χ1v) is 12.0. The number of carbonyl (C=O) groups is 2. The van der Waals surface area contributed by atoms with Gasteiger partial charge in [-0.1, -0.05) is 18.2 Å². The minimum atomic E-state index is -0.818. The van der Waals surface area contributed by atoms with E-state index in [0.717, 1.165) is 17.7 Å². The van der Waals surface area contributed by atoms with E-state index >= 15 is 0 Å². The van der Waals surface area contributed by atoms with Gasteiger partial charge in [-0.3, -0.25) is 30.6 Å².